The second kappa shape index (κ2) is 6.43. The Balaban J connectivity index is 2.52. The average molecular weight is 314 g/mol. The maximum atomic E-state index is 11.4. The fourth-order valence-electron chi connectivity index (χ4n) is 2.14. The summed E-state index contributed by atoms with van der Waals surface area (Å²) in [6, 6.07) is 16.9. The van der Waals surface area contributed by atoms with Crippen molar-refractivity contribution in [2.75, 3.05) is 0 Å². The van der Waals surface area contributed by atoms with Gasteiger partial charge in [0.15, 0.2) is 0 Å². The quantitative estimate of drug-likeness (QED) is 0.846. The minimum absolute atomic E-state index is 0.0749. The van der Waals surface area contributed by atoms with Gasteiger partial charge < -0.3 is 5.11 Å². The lowest BCUT2D eigenvalue weighted by atomic mass is 9.88. The fraction of sp³-hybridized carbons (Fsp3) is 0.0625. The van der Waals surface area contributed by atoms with Crippen LogP contribution in [-0.2, 0) is 10.0 Å². The zero-order chi connectivity index (χ0) is 16.2. The molecule has 3 N–H and O–H groups in total. The van der Waals surface area contributed by atoms with Crippen LogP contribution in [0.5, 0.6) is 0 Å². The molecule has 0 spiro atoms. The van der Waals surface area contributed by atoms with Gasteiger partial charge in [-0.1, -0.05) is 42.5 Å². The van der Waals surface area contributed by atoms with E-state index in [4.69, 9.17) is 5.14 Å². The third-order valence-corrected chi connectivity index (χ3v) is 4.12. The highest BCUT2D eigenvalue weighted by Crippen LogP contribution is 2.32. The van der Waals surface area contributed by atoms with E-state index in [1.807, 2.05) is 6.07 Å². The Labute approximate surface area is 129 Å². The summed E-state index contributed by atoms with van der Waals surface area (Å²) in [5.41, 5.74) is 1.43. The summed E-state index contributed by atoms with van der Waals surface area (Å²) in [6.45, 7) is 0. The lowest BCUT2D eigenvalue weighted by Gasteiger charge is -2.14. The predicted molar refractivity (Wildman–Crippen MR) is 83.2 cm³/mol. The van der Waals surface area contributed by atoms with Gasteiger partial charge in [0, 0.05) is 5.57 Å². The molecule has 0 bridgehead atoms. The summed E-state index contributed by atoms with van der Waals surface area (Å²) in [7, 11) is -3.86. The number of hydrogen-bond donors (Lipinski definition) is 2. The molecule has 2 rings (SSSR count). The molecule has 112 valence electrons. The molecule has 0 aromatic heterocycles. The van der Waals surface area contributed by atoms with Crippen LogP contribution in [0.3, 0.4) is 0 Å². The van der Waals surface area contributed by atoms with Crippen LogP contribution in [-0.4, -0.2) is 13.5 Å². The molecular formula is C16H14N2O3S. The van der Waals surface area contributed by atoms with E-state index in [1.165, 1.54) is 18.2 Å². The summed E-state index contributed by atoms with van der Waals surface area (Å²) in [4.78, 5) is -0.0749. The van der Waals surface area contributed by atoms with E-state index >= 15 is 0 Å². The van der Waals surface area contributed by atoms with Crippen molar-refractivity contribution in [2.24, 2.45) is 5.14 Å². The third kappa shape index (κ3) is 3.34. The van der Waals surface area contributed by atoms with Crippen LogP contribution < -0.4 is 5.14 Å². The van der Waals surface area contributed by atoms with E-state index in [9.17, 15) is 18.8 Å². The summed E-state index contributed by atoms with van der Waals surface area (Å²) in [5.74, 6) is -0.720. The molecular weight excluding hydrogens is 300 g/mol. The molecule has 0 heterocycles. The van der Waals surface area contributed by atoms with E-state index in [0.29, 0.717) is 16.7 Å². The summed E-state index contributed by atoms with van der Waals surface area (Å²) >= 11 is 0. The number of allylic oxidation sites excluding steroid dienone is 1. The Morgan fingerprint density at radius 3 is 2.41 bits per heavy atom. The Morgan fingerprint density at radius 2 is 1.86 bits per heavy atom. The second-order valence-corrected chi connectivity index (χ2v) is 6.19. The van der Waals surface area contributed by atoms with Crippen LogP contribution in [0.4, 0.5) is 0 Å². The number of rotatable bonds is 4. The maximum absolute atomic E-state index is 11.4. The fourth-order valence-corrected chi connectivity index (χ4v) is 2.70. The number of aliphatic hydroxyl groups is 1. The van der Waals surface area contributed by atoms with Crippen LogP contribution in [0.25, 0.3) is 5.57 Å². The van der Waals surface area contributed by atoms with Crippen molar-refractivity contribution in [1.82, 2.24) is 0 Å². The number of nitriles is 1. The normalized spacial score (nSPS) is 13.4. The van der Waals surface area contributed by atoms with Gasteiger partial charge in [0.05, 0.1) is 23.1 Å². The molecule has 5 nitrogen and oxygen atoms in total. The highest BCUT2D eigenvalue weighted by atomic mass is 32.2. The van der Waals surface area contributed by atoms with Gasteiger partial charge in [-0.05, 0) is 23.3 Å². The van der Waals surface area contributed by atoms with Crippen molar-refractivity contribution in [2.45, 2.75) is 10.8 Å². The molecule has 0 amide bonds. The second-order valence-electron chi connectivity index (χ2n) is 4.63. The van der Waals surface area contributed by atoms with Gasteiger partial charge in [-0.15, -0.1) is 0 Å². The first-order valence-corrected chi connectivity index (χ1v) is 7.94. The van der Waals surface area contributed by atoms with Gasteiger partial charge in [-0.3, -0.25) is 0 Å². The highest BCUT2D eigenvalue weighted by molar-refractivity contribution is 7.89. The Morgan fingerprint density at radius 1 is 1.18 bits per heavy atom. The number of primary sulfonamides is 1. The van der Waals surface area contributed by atoms with E-state index in [0.717, 1.165) is 6.26 Å². The first-order valence-electron chi connectivity index (χ1n) is 6.39. The van der Waals surface area contributed by atoms with Gasteiger partial charge in [0.25, 0.3) is 0 Å². The minimum Gasteiger partial charge on any atom is -0.515 e. The molecule has 1 atom stereocenters. The van der Waals surface area contributed by atoms with Gasteiger partial charge in [0.1, 0.15) is 0 Å². The summed E-state index contributed by atoms with van der Waals surface area (Å²) in [6.07, 6.45) is 0.823. The van der Waals surface area contributed by atoms with Crippen molar-refractivity contribution in [1.29, 1.82) is 5.26 Å². The molecule has 6 heteroatoms. The molecule has 2 aromatic carbocycles. The largest absolute Gasteiger partial charge is 0.515 e. The minimum atomic E-state index is -3.86. The lowest BCUT2D eigenvalue weighted by Crippen LogP contribution is -2.12. The molecule has 0 fully saturated rings. The van der Waals surface area contributed by atoms with Crippen molar-refractivity contribution in [3.05, 3.63) is 72.0 Å². The zero-order valence-corrected chi connectivity index (χ0v) is 12.4. The number of nitrogens with zero attached hydrogens (tertiary/aromatic N) is 1. The number of nitrogens with two attached hydrogens (primary N) is 1. The van der Waals surface area contributed by atoms with Crippen molar-refractivity contribution < 1.29 is 13.5 Å². The van der Waals surface area contributed by atoms with E-state index < -0.39 is 15.9 Å². The summed E-state index contributed by atoms with van der Waals surface area (Å²) < 4.78 is 22.9. The molecule has 0 aliphatic carbocycles. The SMILES string of the molecule is N#CC(/C(=C/O)c1cccc(S(N)(=O)=O)c1)c1ccccc1. The van der Waals surface area contributed by atoms with Gasteiger partial charge >= 0.3 is 0 Å². The average Bonchev–Trinajstić information content (AvgIpc) is 2.52. The number of sulfonamides is 1. The topological polar surface area (TPSA) is 104 Å². The third-order valence-electron chi connectivity index (χ3n) is 3.21. The van der Waals surface area contributed by atoms with Crippen molar-refractivity contribution in [3.8, 4) is 6.07 Å². The number of benzene rings is 2. The Bertz CT molecular complexity index is 837. The zero-order valence-electron chi connectivity index (χ0n) is 11.5. The van der Waals surface area contributed by atoms with Crippen LogP contribution in [0.2, 0.25) is 0 Å². The highest BCUT2D eigenvalue weighted by Gasteiger charge is 2.19. The molecule has 1 unspecified atom stereocenters. The van der Waals surface area contributed by atoms with Gasteiger partial charge in [0.2, 0.25) is 10.0 Å². The monoisotopic (exact) mass is 314 g/mol. The maximum Gasteiger partial charge on any atom is 0.238 e. The molecule has 0 aliphatic rings. The van der Waals surface area contributed by atoms with Crippen LogP contribution in [0.15, 0.2) is 65.8 Å². The molecule has 2 aromatic rings. The van der Waals surface area contributed by atoms with Crippen LogP contribution in [0.1, 0.15) is 17.0 Å². The molecule has 0 aliphatic heterocycles. The Kier molecular flexibility index (Phi) is 4.61. The first-order chi connectivity index (χ1) is 10.5. The van der Waals surface area contributed by atoms with Crippen LogP contribution in [0, 0.1) is 11.3 Å². The molecule has 0 saturated heterocycles. The predicted octanol–water partition coefficient (Wildman–Crippen LogP) is 2.54. The molecule has 22 heavy (non-hydrogen) atoms. The summed E-state index contributed by atoms with van der Waals surface area (Å²) in [5, 5.41) is 24.1. The van der Waals surface area contributed by atoms with Crippen LogP contribution >= 0.6 is 0 Å². The number of hydrogen-bond acceptors (Lipinski definition) is 4. The standard InChI is InChI=1S/C16H14N2O3S/c17-10-15(12-5-2-1-3-6-12)16(11-19)13-7-4-8-14(9-13)22(18,20)21/h1-9,11,15,19H,(H2,18,20,21)/b16-11+. The van der Waals surface area contributed by atoms with Crippen molar-refractivity contribution >= 4 is 15.6 Å². The smallest absolute Gasteiger partial charge is 0.238 e. The van der Waals surface area contributed by atoms with Crippen molar-refractivity contribution in [3.63, 3.8) is 0 Å². The van der Waals surface area contributed by atoms with E-state index in [-0.39, 0.29) is 4.90 Å². The molecule has 0 radical (unpaired) electrons. The van der Waals surface area contributed by atoms with Gasteiger partial charge in [-0.2, -0.15) is 5.26 Å². The van der Waals surface area contributed by atoms with E-state index in [2.05, 4.69) is 6.07 Å². The number of aliphatic hydroxyl groups excluding tert-OH is 1. The molecule has 0 saturated carbocycles. The van der Waals surface area contributed by atoms with Gasteiger partial charge in [-0.25, -0.2) is 13.6 Å². The Hall–Kier alpha value is -2.62. The lowest BCUT2D eigenvalue weighted by molar-refractivity contribution is 0.474. The first kappa shape index (κ1) is 15.8. The van der Waals surface area contributed by atoms with E-state index in [1.54, 1.807) is 30.3 Å².